The molecule has 1 rings (SSSR count). The zero-order valence-electron chi connectivity index (χ0n) is 9.52. The van der Waals surface area contributed by atoms with Crippen LogP contribution < -0.4 is 5.32 Å². The number of nitrogens with one attached hydrogen (secondary N) is 1. The van der Waals surface area contributed by atoms with Crippen LogP contribution in [0.4, 0.5) is 5.69 Å². The number of ether oxygens (including phenoxy) is 1. The Hall–Kier alpha value is -2.24. The van der Waals surface area contributed by atoms with E-state index in [4.69, 9.17) is 0 Å². The van der Waals surface area contributed by atoms with E-state index in [0.29, 0.717) is 0 Å². The summed E-state index contributed by atoms with van der Waals surface area (Å²) in [5.41, 5.74) is 0.421. The van der Waals surface area contributed by atoms with Gasteiger partial charge in [0.05, 0.1) is 19.2 Å². The number of rotatable bonds is 4. The molecule has 1 aromatic rings. The number of carbonyl (C=O) groups excluding carboxylic acids is 3. The number of aromatic nitrogens is 1. The molecule has 6 heteroatoms. The maximum Gasteiger partial charge on any atom is 0.341 e. The smallest absolute Gasteiger partial charge is 0.341 e. The van der Waals surface area contributed by atoms with Crippen molar-refractivity contribution >= 4 is 23.3 Å². The zero-order valence-corrected chi connectivity index (χ0v) is 9.52. The van der Waals surface area contributed by atoms with E-state index in [0.717, 1.165) is 0 Å². The normalized spacial score (nSPS) is 9.53. The van der Waals surface area contributed by atoms with Gasteiger partial charge in [-0.05, 0) is 13.0 Å². The van der Waals surface area contributed by atoms with Gasteiger partial charge in [-0.2, -0.15) is 0 Å². The predicted molar refractivity (Wildman–Crippen MR) is 59.5 cm³/mol. The molecule has 1 amide bonds. The molecule has 17 heavy (non-hydrogen) atoms. The van der Waals surface area contributed by atoms with Crippen LogP contribution in [-0.2, 0) is 14.3 Å². The van der Waals surface area contributed by atoms with Crippen molar-refractivity contribution in [3.63, 3.8) is 0 Å². The first-order valence-electron chi connectivity index (χ1n) is 4.86. The van der Waals surface area contributed by atoms with Crippen LogP contribution >= 0.6 is 0 Å². The minimum atomic E-state index is -0.601. The third-order valence-corrected chi connectivity index (χ3v) is 1.91. The summed E-state index contributed by atoms with van der Waals surface area (Å²) in [6.45, 7) is 1.31. The van der Waals surface area contributed by atoms with Crippen LogP contribution in [0.3, 0.4) is 0 Å². The molecular weight excluding hydrogens is 224 g/mol. The van der Waals surface area contributed by atoms with E-state index < -0.39 is 11.9 Å². The van der Waals surface area contributed by atoms with Crippen molar-refractivity contribution < 1.29 is 19.1 Å². The molecule has 0 aliphatic carbocycles. The predicted octanol–water partition coefficient (Wildman–Crippen LogP) is 0.786. The van der Waals surface area contributed by atoms with Crippen molar-refractivity contribution in [2.45, 2.75) is 13.3 Å². The molecule has 1 aromatic heterocycles. The molecule has 0 aromatic carbocycles. The number of pyridine rings is 1. The lowest BCUT2D eigenvalue weighted by Crippen LogP contribution is -2.17. The van der Waals surface area contributed by atoms with Crippen LogP contribution in [0.25, 0.3) is 0 Å². The van der Waals surface area contributed by atoms with Crippen LogP contribution in [-0.4, -0.2) is 29.8 Å². The third-order valence-electron chi connectivity index (χ3n) is 1.91. The summed E-state index contributed by atoms with van der Waals surface area (Å²) >= 11 is 0. The first-order chi connectivity index (χ1) is 8.04. The van der Waals surface area contributed by atoms with Gasteiger partial charge >= 0.3 is 5.97 Å². The standard InChI is InChI=1S/C11H12N2O4/c1-7(14)5-10(15)13-9-3-4-12-6-8(9)11(16)17-2/h3-4,6H,5H2,1-2H3,(H,12,13,15). The molecule has 0 unspecified atom stereocenters. The zero-order chi connectivity index (χ0) is 12.8. The van der Waals surface area contributed by atoms with Crippen LogP contribution in [0.1, 0.15) is 23.7 Å². The number of hydrogen-bond acceptors (Lipinski definition) is 5. The number of esters is 1. The van der Waals surface area contributed by atoms with Gasteiger partial charge in [0.1, 0.15) is 11.3 Å². The van der Waals surface area contributed by atoms with Crippen molar-refractivity contribution in [1.82, 2.24) is 4.98 Å². The van der Waals surface area contributed by atoms with E-state index in [9.17, 15) is 14.4 Å². The van der Waals surface area contributed by atoms with E-state index in [1.807, 2.05) is 0 Å². The largest absolute Gasteiger partial charge is 0.465 e. The van der Waals surface area contributed by atoms with Gasteiger partial charge in [0.15, 0.2) is 0 Å². The summed E-state index contributed by atoms with van der Waals surface area (Å²) in [5.74, 6) is -1.33. The second kappa shape index (κ2) is 5.74. The van der Waals surface area contributed by atoms with Crippen molar-refractivity contribution in [2.75, 3.05) is 12.4 Å². The fourth-order valence-corrected chi connectivity index (χ4v) is 1.20. The molecule has 0 atom stereocenters. The van der Waals surface area contributed by atoms with Gasteiger partial charge in [0.25, 0.3) is 0 Å². The van der Waals surface area contributed by atoms with Gasteiger partial charge in [-0.1, -0.05) is 0 Å². The monoisotopic (exact) mass is 236 g/mol. The number of anilines is 1. The topological polar surface area (TPSA) is 85.4 Å². The van der Waals surface area contributed by atoms with Crippen LogP contribution in [0.2, 0.25) is 0 Å². The molecule has 0 spiro atoms. The summed E-state index contributed by atoms with van der Waals surface area (Å²) in [4.78, 5) is 37.3. The Morgan fingerprint density at radius 2 is 2.12 bits per heavy atom. The van der Waals surface area contributed by atoms with Crippen molar-refractivity contribution in [3.8, 4) is 0 Å². The minimum Gasteiger partial charge on any atom is -0.465 e. The molecule has 6 nitrogen and oxygen atoms in total. The average Bonchev–Trinajstić information content (AvgIpc) is 2.27. The van der Waals surface area contributed by atoms with Crippen LogP contribution in [0, 0.1) is 0 Å². The Morgan fingerprint density at radius 3 is 2.71 bits per heavy atom. The lowest BCUT2D eigenvalue weighted by molar-refractivity contribution is -0.124. The SMILES string of the molecule is COC(=O)c1cnccc1NC(=O)CC(C)=O. The number of Topliss-reactive ketones (excluding diaryl/α,β-unsaturated/α-hetero) is 1. The molecule has 0 saturated carbocycles. The average molecular weight is 236 g/mol. The molecule has 0 radical (unpaired) electrons. The van der Waals surface area contributed by atoms with Crippen molar-refractivity contribution in [1.29, 1.82) is 0 Å². The summed E-state index contributed by atoms with van der Waals surface area (Å²) in [6, 6.07) is 1.46. The Kier molecular flexibility index (Phi) is 4.33. The molecular formula is C11H12N2O4. The Bertz CT molecular complexity index is 457. The highest BCUT2D eigenvalue weighted by molar-refractivity contribution is 6.06. The van der Waals surface area contributed by atoms with Crippen molar-refractivity contribution in [3.05, 3.63) is 24.0 Å². The van der Waals surface area contributed by atoms with Gasteiger partial charge in [-0.15, -0.1) is 0 Å². The fraction of sp³-hybridized carbons (Fsp3) is 0.273. The molecule has 0 saturated heterocycles. The molecule has 1 heterocycles. The quantitative estimate of drug-likeness (QED) is 0.617. The highest BCUT2D eigenvalue weighted by Gasteiger charge is 2.14. The van der Waals surface area contributed by atoms with E-state index >= 15 is 0 Å². The van der Waals surface area contributed by atoms with Gasteiger partial charge in [0, 0.05) is 12.4 Å². The van der Waals surface area contributed by atoms with E-state index in [-0.39, 0.29) is 23.5 Å². The van der Waals surface area contributed by atoms with Gasteiger partial charge < -0.3 is 10.1 Å². The number of ketones is 1. The van der Waals surface area contributed by atoms with E-state index in [1.165, 1.54) is 32.5 Å². The number of methoxy groups -OCH3 is 1. The maximum atomic E-state index is 11.4. The highest BCUT2D eigenvalue weighted by atomic mass is 16.5. The second-order valence-electron chi connectivity index (χ2n) is 3.34. The number of amides is 1. The first kappa shape index (κ1) is 12.8. The molecule has 0 fully saturated rings. The molecule has 1 N–H and O–H groups in total. The number of nitrogens with zero attached hydrogens (tertiary/aromatic N) is 1. The Morgan fingerprint density at radius 1 is 1.41 bits per heavy atom. The van der Waals surface area contributed by atoms with Crippen LogP contribution in [0.15, 0.2) is 18.5 Å². The van der Waals surface area contributed by atoms with Crippen molar-refractivity contribution in [2.24, 2.45) is 0 Å². The summed E-state index contributed by atoms with van der Waals surface area (Å²) in [6.07, 6.45) is 2.48. The fourth-order valence-electron chi connectivity index (χ4n) is 1.20. The maximum absolute atomic E-state index is 11.4. The third kappa shape index (κ3) is 3.67. The number of carbonyl (C=O) groups is 3. The molecule has 0 aliphatic rings. The number of hydrogen-bond donors (Lipinski definition) is 1. The lowest BCUT2D eigenvalue weighted by atomic mass is 10.2. The van der Waals surface area contributed by atoms with Crippen LogP contribution in [0.5, 0.6) is 0 Å². The molecule has 90 valence electrons. The Balaban J connectivity index is 2.87. The molecule has 0 aliphatic heterocycles. The summed E-state index contributed by atoms with van der Waals surface area (Å²) in [7, 11) is 1.23. The van der Waals surface area contributed by atoms with E-state index in [2.05, 4.69) is 15.0 Å². The van der Waals surface area contributed by atoms with E-state index in [1.54, 1.807) is 0 Å². The minimum absolute atomic E-state index is 0.145. The highest BCUT2D eigenvalue weighted by Crippen LogP contribution is 2.14. The first-order valence-corrected chi connectivity index (χ1v) is 4.86. The summed E-state index contributed by atoms with van der Waals surface area (Å²) in [5, 5.41) is 2.46. The lowest BCUT2D eigenvalue weighted by Gasteiger charge is -2.08. The van der Waals surface area contributed by atoms with Gasteiger partial charge in [-0.25, -0.2) is 4.79 Å². The molecule has 0 bridgehead atoms. The second-order valence-corrected chi connectivity index (χ2v) is 3.34. The van der Waals surface area contributed by atoms with Gasteiger partial charge in [-0.3, -0.25) is 14.6 Å². The summed E-state index contributed by atoms with van der Waals surface area (Å²) < 4.78 is 4.54. The van der Waals surface area contributed by atoms with Gasteiger partial charge in [0.2, 0.25) is 5.91 Å². The Labute approximate surface area is 98.0 Å².